The smallest absolute Gasteiger partial charge is 0.0178 e. The van der Waals surface area contributed by atoms with E-state index in [2.05, 4.69) is 47.1 Å². The zero-order valence-corrected chi connectivity index (χ0v) is 13.6. The number of hydrogen-bond acceptors (Lipinski definition) is 0. The second-order valence-electron chi connectivity index (χ2n) is 5.69. The summed E-state index contributed by atoms with van der Waals surface area (Å²) in [5, 5.41) is 0. The molecule has 0 radical (unpaired) electrons. The summed E-state index contributed by atoms with van der Waals surface area (Å²) in [4.78, 5) is 0. The van der Waals surface area contributed by atoms with Gasteiger partial charge in [0.2, 0.25) is 0 Å². The monoisotopic (exact) mass is 320 g/mol. The van der Waals surface area contributed by atoms with Crippen LogP contribution < -0.4 is 0 Å². The first-order valence-corrected chi connectivity index (χ1v) is 8.57. The molecule has 0 saturated carbocycles. The van der Waals surface area contributed by atoms with Crippen molar-refractivity contribution in [3.8, 4) is 0 Å². The lowest BCUT2D eigenvalue weighted by atomic mass is 10.0. The molecular weight excluding hydrogens is 296 g/mol. The van der Waals surface area contributed by atoms with Crippen LogP contribution in [0.4, 0.5) is 0 Å². The zero-order valence-electron chi connectivity index (χ0n) is 12.1. The minimum atomic E-state index is 1.17. The quantitative estimate of drug-likeness (QED) is 0.478. The number of hydrogen-bond donors (Lipinski definition) is 0. The maximum absolute atomic E-state index is 3.56. The first-order valence-electron chi connectivity index (χ1n) is 7.77. The van der Waals surface area contributed by atoms with Gasteiger partial charge in [-0.05, 0) is 42.5 Å². The minimum Gasteiger partial charge on any atom is -0.0654 e. The summed E-state index contributed by atoms with van der Waals surface area (Å²) >= 11 is 3.56. The van der Waals surface area contributed by atoms with Gasteiger partial charge < -0.3 is 0 Å². The molecule has 0 nitrogen and oxygen atoms in total. The molecule has 0 aromatic heterocycles. The number of halogens is 1. The minimum absolute atomic E-state index is 1.17. The van der Waals surface area contributed by atoms with Crippen molar-refractivity contribution in [1.29, 1.82) is 0 Å². The average Bonchev–Trinajstić information content (AvgIpc) is 2.79. The molecule has 0 aliphatic heterocycles. The van der Waals surface area contributed by atoms with Crippen molar-refractivity contribution in [2.24, 2.45) is 0 Å². The third kappa shape index (κ3) is 4.80. The lowest BCUT2D eigenvalue weighted by molar-refractivity contribution is 0.588. The van der Waals surface area contributed by atoms with E-state index in [1.807, 2.05) is 0 Å². The summed E-state index contributed by atoms with van der Waals surface area (Å²) in [6.45, 7) is 2.28. The van der Waals surface area contributed by atoms with E-state index < -0.39 is 0 Å². The van der Waals surface area contributed by atoms with Crippen LogP contribution in [0.5, 0.6) is 0 Å². The van der Waals surface area contributed by atoms with Crippen LogP contribution in [0.3, 0.4) is 0 Å². The fourth-order valence-electron chi connectivity index (χ4n) is 2.85. The molecule has 0 saturated heterocycles. The number of rotatable bonds is 8. The van der Waals surface area contributed by atoms with Crippen molar-refractivity contribution in [3.63, 3.8) is 0 Å². The van der Waals surface area contributed by atoms with E-state index in [0.29, 0.717) is 0 Å². The van der Waals surface area contributed by atoms with Crippen molar-refractivity contribution in [3.05, 3.63) is 39.4 Å². The molecule has 0 heterocycles. The van der Waals surface area contributed by atoms with Crippen LogP contribution in [0.2, 0.25) is 0 Å². The van der Waals surface area contributed by atoms with Crippen LogP contribution in [0.1, 0.15) is 69.4 Å². The van der Waals surface area contributed by atoms with E-state index in [-0.39, 0.29) is 0 Å². The Morgan fingerprint density at radius 2 is 1.74 bits per heavy atom. The van der Waals surface area contributed by atoms with Crippen molar-refractivity contribution in [1.82, 2.24) is 0 Å². The first kappa shape index (κ1) is 14.8. The Morgan fingerprint density at radius 1 is 1.00 bits per heavy atom. The standard InChI is InChI=1S/C18H25Br/c1-2-3-4-5-6-7-8-9-15-12-16-10-11-18(19)14-17(16)13-15/h10-12,14H,2-9,13H2,1H3. The first-order chi connectivity index (χ1) is 9.29. The summed E-state index contributed by atoms with van der Waals surface area (Å²) in [6, 6.07) is 6.65. The van der Waals surface area contributed by atoms with Crippen molar-refractivity contribution >= 4 is 22.0 Å². The SMILES string of the molecule is CCCCCCCCCC1=Cc2ccc(Br)cc2C1. The van der Waals surface area contributed by atoms with Gasteiger partial charge in [-0.2, -0.15) is 0 Å². The lowest BCUT2D eigenvalue weighted by Gasteiger charge is -2.03. The molecule has 2 rings (SSSR count). The van der Waals surface area contributed by atoms with Gasteiger partial charge in [0.05, 0.1) is 0 Å². The predicted octanol–water partition coefficient (Wildman–Crippen LogP) is 6.53. The fraction of sp³-hybridized carbons (Fsp3) is 0.556. The molecule has 0 atom stereocenters. The van der Waals surface area contributed by atoms with E-state index in [4.69, 9.17) is 0 Å². The van der Waals surface area contributed by atoms with Gasteiger partial charge in [0.25, 0.3) is 0 Å². The topological polar surface area (TPSA) is 0 Å². The van der Waals surface area contributed by atoms with Gasteiger partial charge in [0.15, 0.2) is 0 Å². The summed E-state index contributed by atoms with van der Waals surface area (Å²) in [5.74, 6) is 0. The molecule has 1 aromatic rings. The Hall–Kier alpha value is -0.560. The van der Waals surface area contributed by atoms with Gasteiger partial charge in [-0.15, -0.1) is 0 Å². The van der Waals surface area contributed by atoms with Gasteiger partial charge >= 0.3 is 0 Å². The van der Waals surface area contributed by atoms with Gasteiger partial charge in [-0.1, -0.05) is 79.1 Å². The maximum atomic E-state index is 3.56. The third-order valence-electron chi connectivity index (χ3n) is 3.98. The van der Waals surface area contributed by atoms with Crippen LogP contribution in [-0.4, -0.2) is 0 Å². The summed E-state index contributed by atoms with van der Waals surface area (Å²) in [7, 11) is 0. The molecule has 0 spiro atoms. The average molecular weight is 321 g/mol. The highest BCUT2D eigenvalue weighted by Crippen LogP contribution is 2.30. The Balaban J connectivity index is 1.64. The van der Waals surface area contributed by atoms with E-state index in [1.165, 1.54) is 73.4 Å². The maximum Gasteiger partial charge on any atom is 0.0178 e. The molecule has 0 bridgehead atoms. The number of allylic oxidation sites excluding steroid dienone is 1. The summed E-state index contributed by atoms with van der Waals surface area (Å²) in [5.41, 5.74) is 4.55. The summed E-state index contributed by atoms with van der Waals surface area (Å²) < 4.78 is 1.21. The van der Waals surface area contributed by atoms with Crippen LogP contribution in [-0.2, 0) is 6.42 Å². The van der Waals surface area contributed by atoms with E-state index in [9.17, 15) is 0 Å². The Labute approximate surface area is 126 Å². The van der Waals surface area contributed by atoms with E-state index in [0.717, 1.165) is 0 Å². The molecule has 19 heavy (non-hydrogen) atoms. The molecule has 0 fully saturated rings. The van der Waals surface area contributed by atoms with E-state index >= 15 is 0 Å². The van der Waals surface area contributed by atoms with Crippen LogP contribution in [0.25, 0.3) is 6.08 Å². The molecule has 104 valence electrons. The van der Waals surface area contributed by atoms with E-state index in [1.54, 1.807) is 5.57 Å². The zero-order chi connectivity index (χ0) is 13.5. The predicted molar refractivity (Wildman–Crippen MR) is 88.4 cm³/mol. The number of benzene rings is 1. The Kier molecular flexibility index (Phi) is 6.16. The molecule has 1 aromatic carbocycles. The van der Waals surface area contributed by atoms with Crippen LogP contribution in [0, 0.1) is 0 Å². The highest BCUT2D eigenvalue weighted by atomic mass is 79.9. The summed E-state index contributed by atoms with van der Waals surface area (Å²) in [6.07, 6.45) is 14.7. The largest absolute Gasteiger partial charge is 0.0654 e. The number of unbranched alkanes of at least 4 members (excludes halogenated alkanes) is 6. The highest BCUT2D eigenvalue weighted by Gasteiger charge is 2.12. The van der Waals surface area contributed by atoms with Gasteiger partial charge in [0, 0.05) is 4.47 Å². The van der Waals surface area contributed by atoms with Crippen LogP contribution in [0.15, 0.2) is 28.2 Å². The van der Waals surface area contributed by atoms with Gasteiger partial charge in [-0.25, -0.2) is 0 Å². The molecule has 0 N–H and O–H groups in total. The molecule has 1 aliphatic rings. The molecule has 1 heteroatoms. The van der Waals surface area contributed by atoms with Crippen molar-refractivity contribution < 1.29 is 0 Å². The lowest BCUT2D eigenvalue weighted by Crippen LogP contribution is -1.86. The normalized spacial score (nSPS) is 13.5. The number of fused-ring (bicyclic) bond motifs is 1. The fourth-order valence-corrected chi connectivity index (χ4v) is 3.26. The van der Waals surface area contributed by atoms with Crippen LogP contribution >= 0.6 is 15.9 Å². The van der Waals surface area contributed by atoms with Crippen molar-refractivity contribution in [2.75, 3.05) is 0 Å². The molecule has 0 amide bonds. The molecule has 1 aliphatic carbocycles. The molecule has 0 unspecified atom stereocenters. The molecular formula is C18H25Br. The van der Waals surface area contributed by atoms with Crippen molar-refractivity contribution in [2.45, 2.75) is 64.7 Å². The second kappa shape index (κ2) is 7.89. The van der Waals surface area contributed by atoms with Gasteiger partial charge in [0.1, 0.15) is 0 Å². The second-order valence-corrected chi connectivity index (χ2v) is 6.61. The Bertz CT molecular complexity index is 431. The highest BCUT2D eigenvalue weighted by molar-refractivity contribution is 9.10. The van der Waals surface area contributed by atoms with Gasteiger partial charge in [-0.3, -0.25) is 0 Å². The third-order valence-corrected chi connectivity index (χ3v) is 4.48. The Morgan fingerprint density at radius 3 is 2.53 bits per heavy atom.